The number of nitro groups is 1. The molecule has 4 N–H and O–H groups in total. The van der Waals surface area contributed by atoms with Crippen LogP contribution in [-0.4, -0.2) is 81.4 Å². The fourth-order valence-electron chi connectivity index (χ4n) is 10.2. The molecule has 7 atom stereocenters. The number of aliphatic hydroxyl groups excluding tert-OH is 3. The van der Waals surface area contributed by atoms with Gasteiger partial charge in [0.25, 0.3) is 5.69 Å². The van der Waals surface area contributed by atoms with Crippen LogP contribution in [0.15, 0.2) is 158 Å². The van der Waals surface area contributed by atoms with E-state index in [-0.39, 0.29) is 55.5 Å². The quantitative estimate of drug-likeness (QED) is 0.0395. The molecule has 3 amide bonds. The van der Waals surface area contributed by atoms with Crippen molar-refractivity contribution < 1.29 is 53.6 Å². The molecule has 9 rings (SSSR count). The van der Waals surface area contributed by atoms with Crippen molar-refractivity contribution >= 4 is 35.3 Å². The summed E-state index contributed by atoms with van der Waals surface area (Å²) in [6.07, 6.45) is -3.29. The van der Waals surface area contributed by atoms with Crippen LogP contribution in [0.2, 0.25) is 0 Å². The van der Waals surface area contributed by atoms with Crippen LogP contribution in [0.25, 0.3) is 0 Å². The van der Waals surface area contributed by atoms with E-state index in [9.17, 15) is 30.2 Å². The molecule has 0 radical (unpaired) electrons. The minimum atomic E-state index is -2.25. The lowest BCUT2D eigenvalue weighted by molar-refractivity contribution is -0.384. The molecule has 6 aromatic carbocycles. The summed E-state index contributed by atoms with van der Waals surface area (Å²) in [4.78, 5) is 76.1. The summed E-state index contributed by atoms with van der Waals surface area (Å²) in [5, 5.41) is 45.5. The molecule has 71 heavy (non-hydrogen) atoms. The van der Waals surface area contributed by atoms with Crippen molar-refractivity contribution in [1.29, 1.82) is 0 Å². The van der Waals surface area contributed by atoms with Crippen molar-refractivity contribution in [3.05, 3.63) is 207 Å². The number of non-ortho nitro benzene ring substituents is 1. The number of imide groups is 1. The fraction of sp³-hybridized carbons (Fsp3) is 0.236. The Morgan fingerprint density at radius 3 is 2.15 bits per heavy atom. The Balaban J connectivity index is 1.31. The van der Waals surface area contributed by atoms with E-state index in [4.69, 9.17) is 14.2 Å². The number of morpholine rings is 1. The van der Waals surface area contributed by atoms with Gasteiger partial charge in [0.15, 0.2) is 0 Å². The van der Waals surface area contributed by atoms with Crippen molar-refractivity contribution in [3.63, 3.8) is 0 Å². The molecule has 6 aromatic rings. The molecule has 16 heteroatoms. The van der Waals surface area contributed by atoms with Gasteiger partial charge in [0.2, 0.25) is 11.8 Å². The number of carbonyl (C=O) groups is 4. The van der Waals surface area contributed by atoms with Gasteiger partial charge in [0, 0.05) is 36.2 Å². The highest BCUT2D eigenvalue weighted by atomic mass is 16.6. The second-order valence-corrected chi connectivity index (χ2v) is 17.2. The monoisotopic (exact) mass is 956 g/mol. The zero-order valence-corrected chi connectivity index (χ0v) is 38.1. The Hall–Kier alpha value is -8.20. The van der Waals surface area contributed by atoms with Crippen molar-refractivity contribution in [2.24, 2.45) is 5.92 Å². The lowest BCUT2D eigenvalue weighted by atomic mass is 9.65. The third-order valence-electron chi connectivity index (χ3n) is 13.1. The van der Waals surface area contributed by atoms with E-state index in [1.807, 2.05) is 65.6 Å². The molecule has 3 heterocycles. The van der Waals surface area contributed by atoms with E-state index in [0.717, 1.165) is 4.90 Å². The molecule has 360 valence electrons. The second kappa shape index (κ2) is 20.8. The molecule has 0 bridgehead atoms. The molecule has 2 fully saturated rings. The number of nitrogens with one attached hydrogen (secondary N) is 1. The SMILES string of the molecule is O=C1O[C@H](c2ccccc2)[C@H](c2ccccc2)N2[C@H]1[C@@H](C(=O)NC[C@H](O)c1ccccc1)[C@]1(C(=O)N(C(=O)OCc3ccc([N+](=O)[O-])cc3)c3ccc(C#CCCO)cc31)[C@H]2c1ccccc1OCCO. The van der Waals surface area contributed by atoms with E-state index < -0.39 is 77.1 Å². The lowest BCUT2D eigenvalue weighted by Gasteiger charge is -2.46. The van der Waals surface area contributed by atoms with Gasteiger partial charge in [-0.2, -0.15) is 0 Å². The number of rotatable bonds is 14. The smallest absolute Gasteiger partial charge is 0.421 e. The summed E-state index contributed by atoms with van der Waals surface area (Å²) in [5.74, 6) is 1.81. The van der Waals surface area contributed by atoms with Gasteiger partial charge in [-0.15, -0.1) is 0 Å². The maximum absolute atomic E-state index is 16.6. The molecule has 0 unspecified atom stereocenters. The average molecular weight is 957 g/mol. The van der Waals surface area contributed by atoms with Crippen LogP contribution in [-0.2, 0) is 35.9 Å². The molecule has 2 saturated heterocycles. The molecule has 3 aliphatic rings. The van der Waals surface area contributed by atoms with Crippen molar-refractivity contribution in [1.82, 2.24) is 10.2 Å². The summed E-state index contributed by atoms with van der Waals surface area (Å²) in [7, 11) is 0. The summed E-state index contributed by atoms with van der Waals surface area (Å²) >= 11 is 0. The molecule has 0 aliphatic carbocycles. The highest BCUT2D eigenvalue weighted by molar-refractivity contribution is 6.23. The molecule has 16 nitrogen and oxygen atoms in total. The van der Waals surface area contributed by atoms with Gasteiger partial charge in [0.1, 0.15) is 36.5 Å². The van der Waals surface area contributed by atoms with Gasteiger partial charge < -0.3 is 34.8 Å². The number of benzene rings is 6. The number of aliphatic hydroxyl groups is 3. The van der Waals surface area contributed by atoms with Crippen LogP contribution in [0.4, 0.5) is 16.2 Å². The minimum Gasteiger partial charge on any atom is -0.491 e. The number of nitro benzene ring substituents is 1. The van der Waals surface area contributed by atoms with E-state index in [1.54, 1.807) is 66.7 Å². The minimum absolute atomic E-state index is 0.0152. The van der Waals surface area contributed by atoms with E-state index in [0.29, 0.717) is 33.4 Å². The predicted octanol–water partition coefficient (Wildman–Crippen LogP) is 6.55. The number of fused-ring (bicyclic) bond motifs is 3. The maximum Gasteiger partial charge on any atom is 0.421 e. The Kier molecular flexibility index (Phi) is 14.0. The van der Waals surface area contributed by atoms with Crippen molar-refractivity contribution in [3.8, 4) is 17.6 Å². The summed E-state index contributed by atoms with van der Waals surface area (Å²) in [5.41, 5.74) is 0.515. The number of hydrogen-bond donors (Lipinski definition) is 4. The van der Waals surface area contributed by atoms with E-state index >= 15 is 14.4 Å². The summed E-state index contributed by atoms with van der Waals surface area (Å²) in [6, 6.07) is 39.9. The van der Waals surface area contributed by atoms with Crippen LogP contribution in [0.1, 0.15) is 69.7 Å². The summed E-state index contributed by atoms with van der Waals surface area (Å²) < 4.78 is 18.6. The van der Waals surface area contributed by atoms with Crippen LogP contribution in [0.5, 0.6) is 5.75 Å². The van der Waals surface area contributed by atoms with Crippen LogP contribution >= 0.6 is 0 Å². The number of amides is 3. The number of cyclic esters (lactones) is 1. The Bertz CT molecular complexity index is 3000. The second-order valence-electron chi connectivity index (χ2n) is 17.2. The van der Waals surface area contributed by atoms with Crippen molar-refractivity contribution in [2.45, 2.75) is 48.8 Å². The van der Waals surface area contributed by atoms with Gasteiger partial charge in [0.05, 0.1) is 47.9 Å². The average Bonchev–Trinajstić information content (AvgIpc) is 3.86. The molecular weight excluding hydrogens is 909 g/mol. The molecule has 3 aliphatic heterocycles. The highest BCUT2D eigenvalue weighted by Gasteiger charge is 2.76. The number of ether oxygens (including phenoxy) is 3. The van der Waals surface area contributed by atoms with Gasteiger partial charge in [-0.1, -0.05) is 121 Å². The van der Waals surface area contributed by atoms with Gasteiger partial charge in [-0.25, -0.2) is 9.69 Å². The van der Waals surface area contributed by atoms with E-state index in [2.05, 4.69) is 17.2 Å². The first-order chi connectivity index (χ1) is 34.6. The lowest BCUT2D eigenvalue weighted by Crippen LogP contribution is -2.56. The zero-order chi connectivity index (χ0) is 49.6. The van der Waals surface area contributed by atoms with E-state index in [1.165, 1.54) is 30.3 Å². The van der Waals surface area contributed by atoms with Crippen LogP contribution in [0.3, 0.4) is 0 Å². The third kappa shape index (κ3) is 8.99. The zero-order valence-electron chi connectivity index (χ0n) is 38.1. The topological polar surface area (TPSA) is 218 Å². The van der Waals surface area contributed by atoms with Crippen LogP contribution in [0, 0.1) is 27.9 Å². The number of esters is 1. The predicted molar refractivity (Wildman–Crippen MR) is 257 cm³/mol. The normalized spacial score (nSPS) is 21.6. The molecule has 0 saturated carbocycles. The van der Waals surface area contributed by atoms with Gasteiger partial charge >= 0.3 is 12.1 Å². The van der Waals surface area contributed by atoms with Gasteiger partial charge in [-0.05, 0) is 64.2 Å². The number of hydrogen-bond acceptors (Lipinski definition) is 13. The largest absolute Gasteiger partial charge is 0.491 e. The standard InChI is InChI=1S/C55H48N4O12/c60-29-13-12-14-35-25-28-43-42(32-35)55(53(65)57(43)54(66)70-34-36-23-26-40(27-24-36)59(67)68)46(51(63)56-33-44(62)37-15-4-1-5-16-37)48-52(64)71-49(39-19-8-3-9-20-39)47(38-17-6-2-7-18-38)58(48)50(55)41-21-10-11-22-45(41)69-31-30-61/h1-11,15-28,32,44,46-50,60-62H,13,29-31,33-34H2,(H,56,63)/t44-,46-,47-,48-,49+,50+,55-/m0/s1. The Morgan fingerprint density at radius 2 is 1.48 bits per heavy atom. The molecular formula is C55H48N4O12. The first-order valence-corrected chi connectivity index (χ1v) is 23.0. The number of para-hydroxylation sites is 1. The molecule has 0 aromatic heterocycles. The number of carbonyl (C=O) groups excluding carboxylic acids is 4. The highest BCUT2D eigenvalue weighted by Crippen LogP contribution is 2.66. The number of anilines is 1. The first kappa shape index (κ1) is 47.8. The molecule has 1 spiro atoms. The summed E-state index contributed by atoms with van der Waals surface area (Å²) in [6.45, 7) is -1.55. The Morgan fingerprint density at radius 1 is 0.817 bits per heavy atom. The van der Waals surface area contributed by atoms with Crippen LogP contribution < -0.4 is 15.0 Å². The first-order valence-electron chi connectivity index (χ1n) is 23.0. The fourth-order valence-corrected chi connectivity index (χ4v) is 10.2. The maximum atomic E-state index is 16.6. The van der Waals surface area contributed by atoms with Crippen molar-refractivity contribution in [2.75, 3.05) is 31.3 Å². The van der Waals surface area contributed by atoms with Gasteiger partial charge in [-0.3, -0.25) is 29.4 Å². The third-order valence-corrected chi connectivity index (χ3v) is 13.1. The number of nitrogens with zero attached hydrogens (tertiary/aromatic N) is 3. The Labute approximate surface area is 408 Å².